The Morgan fingerprint density at radius 3 is 2.52 bits per heavy atom. The average Bonchev–Trinajstić information content (AvgIpc) is 2.50. The van der Waals surface area contributed by atoms with Gasteiger partial charge >= 0.3 is 0 Å². The lowest BCUT2D eigenvalue weighted by atomic mass is 9.89. The monoisotopic (exact) mass is 351 g/mol. The van der Waals surface area contributed by atoms with Crippen LogP contribution >= 0.6 is 15.9 Å². The highest BCUT2D eigenvalue weighted by Crippen LogP contribution is 2.33. The topological polar surface area (TPSA) is 18.5 Å². The molecule has 0 radical (unpaired) electrons. The summed E-state index contributed by atoms with van der Waals surface area (Å²) < 4.78 is 1.31. The van der Waals surface area contributed by atoms with E-state index in [1.165, 1.54) is 41.5 Å². The van der Waals surface area contributed by atoms with E-state index in [1.54, 1.807) is 0 Å². The number of piperidine rings is 1. The third-order valence-corrected chi connectivity index (χ3v) is 5.53. The third kappa shape index (κ3) is 4.07. The molecule has 21 heavy (non-hydrogen) atoms. The maximum Gasteiger partial charge on any atom is 0.0235 e. The van der Waals surface area contributed by atoms with Crippen LogP contribution in [0.2, 0.25) is 0 Å². The van der Waals surface area contributed by atoms with Gasteiger partial charge in [0, 0.05) is 37.2 Å². The van der Waals surface area contributed by atoms with Crippen LogP contribution in [0, 0.1) is 0 Å². The van der Waals surface area contributed by atoms with Gasteiger partial charge in [-0.15, -0.1) is 0 Å². The van der Waals surface area contributed by atoms with Gasteiger partial charge in [0.15, 0.2) is 0 Å². The summed E-state index contributed by atoms with van der Waals surface area (Å²) in [4.78, 5) is 4.97. The van der Waals surface area contributed by atoms with E-state index in [4.69, 9.17) is 0 Å². The van der Waals surface area contributed by atoms with Crippen molar-refractivity contribution in [2.75, 3.05) is 46.3 Å². The van der Waals surface area contributed by atoms with Gasteiger partial charge in [-0.3, -0.25) is 4.90 Å². The number of rotatable bonds is 3. The second-order valence-electron chi connectivity index (χ2n) is 6.46. The van der Waals surface area contributed by atoms with Gasteiger partial charge < -0.3 is 10.2 Å². The Labute approximate surface area is 136 Å². The van der Waals surface area contributed by atoms with E-state index in [1.807, 2.05) is 0 Å². The van der Waals surface area contributed by atoms with E-state index in [9.17, 15) is 0 Å². The Morgan fingerprint density at radius 1 is 1.14 bits per heavy atom. The summed E-state index contributed by atoms with van der Waals surface area (Å²) >= 11 is 3.82. The predicted octanol–water partition coefficient (Wildman–Crippen LogP) is 2.66. The van der Waals surface area contributed by atoms with Gasteiger partial charge in [0.2, 0.25) is 0 Å². The first-order chi connectivity index (χ1) is 10.2. The molecule has 2 heterocycles. The second kappa shape index (κ2) is 7.23. The smallest absolute Gasteiger partial charge is 0.0235 e. The van der Waals surface area contributed by atoms with Crippen LogP contribution in [0.1, 0.15) is 29.9 Å². The number of piperazine rings is 1. The molecule has 1 aromatic rings. The number of benzene rings is 1. The molecule has 116 valence electrons. The van der Waals surface area contributed by atoms with Crippen molar-refractivity contribution >= 4 is 15.9 Å². The number of nitrogens with one attached hydrogen (secondary N) is 1. The van der Waals surface area contributed by atoms with Crippen molar-refractivity contribution in [2.24, 2.45) is 0 Å². The van der Waals surface area contributed by atoms with Crippen LogP contribution < -0.4 is 5.32 Å². The van der Waals surface area contributed by atoms with Gasteiger partial charge in [0.1, 0.15) is 0 Å². The lowest BCUT2D eigenvalue weighted by Gasteiger charge is -2.30. The highest BCUT2D eigenvalue weighted by molar-refractivity contribution is 9.10. The Hall–Kier alpha value is -0.420. The van der Waals surface area contributed by atoms with Crippen molar-refractivity contribution in [3.8, 4) is 0 Å². The minimum absolute atomic E-state index is 0.726. The normalized spacial score (nSPS) is 22.6. The summed E-state index contributed by atoms with van der Waals surface area (Å²) in [6.45, 7) is 8.08. The van der Waals surface area contributed by atoms with Crippen LogP contribution in [0.3, 0.4) is 0 Å². The number of halogens is 1. The summed E-state index contributed by atoms with van der Waals surface area (Å²) in [6, 6.07) is 7.04. The molecule has 0 saturated carbocycles. The molecule has 2 aliphatic heterocycles. The van der Waals surface area contributed by atoms with E-state index < -0.39 is 0 Å². The minimum Gasteiger partial charge on any atom is -0.314 e. The molecule has 4 heteroatoms. The fourth-order valence-electron chi connectivity index (χ4n) is 3.45. The molecule has 0 aliphatic carbocycles. The largest absolute Gasteiger partial charge is 0.314 e. The highest BCUT2D eigenvalue weighted by Gasteiger charge is 2.20. The fourth-order valence-corrected chi connectivity index (χ4v) is 4.20. The zero-order valence-corrected chi connectivity index (χ0v) is 14.5. The highest BCUT2D eigenvalue weighted by atomic mass is 79.9. The standard InChI is InChI=1S/C17H26BrN3/c1-20-8-4-15(5-9-20)16-3-2-14(12-17(16)18)13-21-10-6-19-7-11-21/h2-3,12,15,19H,4-11,13H2,1H3. The molecule has 0 atom stereocenters. The number of hydrogen-bond donors (Lipinski definition) is 1. The van der Waals surface area contributed by atoms with E-state index in [0.717, 1.165) is 38.6 Å². The lowest BCUT2D eigenvalue weighted by Crippen LogP contribution is -2.42. The number of nitrogens with zero attached hydrogens (tertiary/aromatic N) is 2. The molecular formula is C17H26BrN3. The summed E-state index contributed by atoms with van der Waals surface area (Å²) in [5.74, 6) is 0.726. The van der Waals surface area contributed by atoms with Crippen LogP contribution in [0.25, 0.3) is 0 Å². The Bertz CT molecular complexity index is 463. The first-order valence-corrected chi connectivity index (χ1v) is 8.91. The van der Waals surface area contributed by atoms with Crippen LogP contribution in [0.15, 0.2) is 22.7 Å². The Balaban J connectivity index is 1.64. The summed E-state index contributed by atoms with van der Waals surface area (Å²) in [7, 11) is 2.22. The van der Waals surface area contributed by atoms with Crippen molar-refractivity contribution < 1.29 is 0 Å². The molecular weight excluding hydrogens is 326 g/mol. The first-order valence-electron chi connectivity index (χ1n) is 8.12. The van der Waals surface area contributed by atoms with Crippen LogP contribution in [0.4, 0.5) is 0 Å². The molecule has 2 aliphatic rings. The average molecular weight is 352 g/mol. The van der Waals surface area contributed by atoms with E-state index in [0.29, 0.717) is 0 Å². The van der Waals surface area contributed by atoms with Gasteiger partial charge in [0.25, 0.3) is 0 Å². The van der Waals surface area contributed by atoms with Gasteiger partial charge in [0.05, 0.1) is 0 Å². The molecule has 3 nitrogen and oxygen atoms in total. The van der Waals surface area contributed by atoms with Crippen molar-refractivity contribution in [3.63, 3.8) is 0 Å². The fraction of sp³-hybridized carbons (Fsp3) is 0.647. The zero-order chi connectivity index (χ0) is 14.7. The van der Waals surface area contributed by atoms with E-state index in [2.05, 4.69) is 56.3 Å². The maximum absolute atomic E-state index is 3.82. The first kappa shape index (κ1) is 15.5. The molecule has 0 spiro atoms. The molecule has 1 aromatic carbocycles. The number of likely N-dealkylation sites (tertiary alicyclic amines) is 1. The van der Waals surface area contributed by atoms with Crippen molar-refractivity contribution in [1.29, 1.82) is 0 Å². The van der Waals surface area contributed by atoms with Gasteiger partial charge in [-0.05, 0) is 56.1 Å². The SMILES string of the molecule is CN1CCC(c2ccc(CN3CCNCC3)cc2Br)CC1. The number of hydrogen-bond acceptors (Lipinski definition) is 3. The van der Waals surface area contributed by atoms with Crippen molar-refractivity contribution in [1.82, 2.24) is 15.1 Å². The van der Waals surface area contributed by atoms with Crippen molar-refractivity contribution in [2.45, 2.75) is 25.3 Å². The lowest BCUT2D eigenvalue weighted by molar-refractivity contribution is 0.233. The third-order valence-electron chi connectivity index (χ3n) is 4.84. The minimum atomic E-state index is 0.726. The summed E-state index contributed by atoms with van der Waals surface area (Å²) in [6.07, 6.45) is 2.57. The molecule has 0 aromatic heterocycles. The molecule has 0 unspecified atom stereocenters. The van der Waals surface area contributed by atoms with E-state index in [-0.39, 0.29) is 0 Å². The summed E-state index contributed by atoms with van der Waals surface area (Å²) in [5, 5.41) is 3.41. The van der Waals surface area contributed by atoms with Gasteiger partial charge in [-0.25, -0.2) is 0 Å². The van der Waals surface area contributed by atoms with Gasteiger partial charge in [-0.2, -0.15) is 0 Å². The van der Waals surface area contributed by atoms with Crippen LogP contribution in [-0.4, -0.2) is 56.1 Å². The zero-order valence-electron chi connectivity index (χ0n) is 12.9. The molecule has 2 fully saturated rings. The molecule has 2 saturated heterocycles. The Morgan fingerprint density at radius 2 is 1.86 bits per heavy atom. The Kier molecular flexibility index (Phi) is 5.33. The van der Waals surface area contributed by atoms with Crippen LogP contribution in [0.5, 0.6) is 0 Å². The summed E-state index contributed by atoms with van der Waals surface area (Å²) in [5.41, 5.74) is 2.94. The quantitative estimate of drug-likeness (QED) is 0.902. The molecule has 1 N–H and O–H groups in total. The molecule has 0 amide bonds. The van der Waals surface area contributed by atoms with E-state index >= 15 is 0 Å². The van der Waals surface area contributed by atoms with Crippen molar-refractivity contribution in [3.05, 3.63) is 33.8 Å². The van der Waals surface area contributed by atoms with Gasteiger partial charge in [-0.1, -0.05) is 28.1 Å². The molecule has 3 rings (SSSR count). The second-order valence-corrected chi connectivity index (χ2v) is 7.31. The molecule has 0 bridgehead atoms. The predicted molar refractivity (Wildman–Crippen MR) is 91.8 cm³/mol. The maximum atomic E-state index is 3.82. The van der Waals surface area contributed by atoms with Crippen LogP contribution in [-0.2, 0) is 6.54 Å².